The van der Waals surface area contributed by atoms with Crippen molar-refractivity contribution in [2.24, 2.45) is 5.84 Å². The van der Waals surface area contributed by atoms with E-state index in [-0.39, 0.29) is 5.48 Å². The molecule has 0 aromatic carbocycles. The van der Waals surface area contributed by atoms with E-state index >= 15 is 0 Å². The molecule has 0 aromatic heterocycles. The second kappa shape index (κ2) is 9.99. The van der Waals surface area contributed by atoms with Gasteiger partial charge in [0.15, 0.2) is 0 Å². The van der Waals surface area contributed by atoms with Gasteiger partial charge in [-0.1, -0.05) is 19.8 Å². The summed E-state index contributed by atoms with van der Waals surface area (Å²) < 4.78 is 0. The standard InChI is InChI=1S/C5H14N2.H2O/c1-2-3-4-5-7-6;/h7H,2-6H2,1H3;1H2/p-1. The average Bonchev–Trinajstić information content (AvgIpc) is 1.69. The molecule has 0 amide bonds. The number of rotatable bonds is 4. The zero-order valence-electron chi connectivity index (χ0n) is 5.35. The first-order valence-corrected chi connectivity index (χ1v) is 2.85. The SMILES string of the molecule is CCCCCNN.[OH-]. The summed E-state index contributed by atoms with van der Waals surface area (Å²) in [7, 11) is 0. The Labute approximate surface area is 50.5 Å². The normalized spacial score (nSPS) is 8.25. The molecule has 0 saturated heterocycles. The molecule has 0 bridgehead atoms. The minimum atomic E-state index is 0. The van der Waals surface area contributed by atoms with E-state index in [1.807, 2.05) is 0 Å². The molecule has 0 heterocycles. The lowest BCUT2D eigenvalue weighted by molar-refractivity contribution is 0.637. The van der Waals surface area contributed by atoms with Gasteiger partial charge >= 0.3 is 0 Å². The van der Waals surface area contributed by atoms with Crippen molar-refractivity contribution < 1.29 is 5.48 Å². The van der Waals surface area contributed by atoms with Gasteiger partial charge in [-0.3, -0.25) is 11.3 Å². The minimum Gasteiger partial charge on any atom is -0.870 e. The van der Waals surface area contributed by atoms with Gasteiger partial charge in [-0.2, -0.15) is 0 Å². The van der Waals surface area contributed by atoms with Crippen LogP contribution in [-0.2, 0) is 0 Å². The van der Waals surface area contributed by atoms with Crippen LogP contribution in [0.15, 0.2) is 0 Å². The van der Waals surface area contributed by atoms with Gasteiger partial charge < -0.3 is 5.48 Å². The molecule has 0 aliphatic carbocycles. The van der Waals surface area contributed by atoms with Gasteiger partial charge in [-0.25, -0.2) is 0 Å². The average molecular weight is 119 g/mol. The fraction of sp³-hybridized carbons (Fsp3) is 1.00. The Morgan fingerprint density at radius 1 is 1.38 bits per heavy atom. The lowest BCUT2D eigenvalue weighted by Crippen LogP contribution is -2.22. The number of nitrogens with one attached hydrogen (secondary N) is 1. The van der Waals surface area contributed by atoms with Crippen LogP contribution in [0.2, 0.25) is 0 Å². The predicted molar refractivity (Wildman–Crippen MR) is 33.7 cm³/mol. The van der Waals surface area contributed by atoms with Crippen LogP contribution >= 0.6 is 0 Å². The van der Waals surface area contributed by atoms with Crippen LogP contribution in [0.1, 0.15) is 26.2 Å². The molecule has 0 saturated carbocycles. The van der Waals surface area contributed by atoms with Gasteiger partial charge in [0.2, 0.25) is 0 Å². The monoisotopic (exact) mass is 119 g/mol. The first-order chi connectivity index (χ1) is 3.41. The topological polar surface area (TPSA) is 68.0 Å². The van der Waals surface area contributed by atoms with E-state index in [0.717, 1.165) is 6.54 Å². The third-order valence-electron chi connectivity index (χ3n) is 0.925. The number of hydrazine groups is 1. The van der Waals surface area contributed by atoms with Crippen LogP contribution < -0.4 is 11.3 Å². The molecule has 8 heavy (non-hydrogen) atoms. The van der Waals surface area contributed by atoms with Gasteiger partial charge in [-0.15, -0.1) is 0 Å². The molecular weight excluding hydrogens is 104 g/mol. The Morgan fingerprint density at radius 2 is 2.00 bits per heavy atom. The van der Waals surface area contributed by atoms with Crippen molar-refractivity contribution in [2.45, 2.75) is 26.2 Å². The molecule has 4 N–H and O–H groups in total. The minimum absolute atomic E-state index is 0. The molecule has 0 aliphatic heterocycles. The van der Waals surface area contributed by atoms with Crippen molar-refractivity contribution in [3.8, 4) is 0 Å². The maximum Gasteiger partial charge on any atom is 0.00974 e. The molecule has 0 spiro atoms. The highest BCUT2D eigenvalue weighted by Gasteiger charge is 1.79. The summed E-state index contributed by atoms with van der Waals surface area (Å²) in [5.74, 6) is 5.02. The second-order valence-corrected chi connectivity index (χ2v) is 1.66. The van der Waals surface area contributed by atoms with Gasteiger partial charge in [0, 0.05) is 6.54 Å². The van der Waals surface area contributed by atoms with Gasteiger partial charge in [-0.05, 0) is 6.42 Å². The number of nitrogens with two attached hydrogens (primary N) is 1. The lowest BCUT2D eigenvalue weighted by atomic mass is 10.3. The molecule has 0 rings (SSSR count). The fourth-order valence-electron chi connectivity index (χ4n) is 0.477. The Morgan fingerprint density at radius 3 is 2.38 bits per heavy atom. The molecule has 0 aromatic rings. The molecule has 0 unspecified atom stereocenters. The van der Waals surface area contributed by atoms with Crippen molar-refractivity contribution in [3.05, 3.63) is 0 Å². The van der Waals surface area contributed by atoms with Crippen molar-refractivity contribution in [2.75, 3.05) is 6.54 Å². The van der Waals surface area contributed by atoms with Gasteiger partial charge in [0.1, 0.15) is 0 Å². The summed E-state index contributed by atoms with van der Waals surface area (Å²) in [4.78, 5) is 0. The maximum atomic E-state index is 5.02. The van der Waals surface area contributed by atoms with Crippen molar-refractivity contribution >= 4 is 0 Å². The van der Waals surface area contributed by atoms with Crippen molar-refractivity contribution in [1.82, 2.24) is 5.43 Å². The summed E-state index contributed by atoms with van der Waals surface area (Å²) in [6, 6.07) is 0. The first-order valence-electron chi connectivity index (χ1n) is 2.85. The van der Waals surface area contributed by atoms with E-state index in [0.29, 0.717) is 0 Å². The van der Waals surface area contributed by atoms with E-state index in [2.05, 4.69) is 12.3 Å². The smallest absolute Gasteiger partial charge is 0.00974 e. The largest absolute Gasteiger partial charge is 0.870 e. The summed E-state index contributed by atoms with van der Waals surface area (Å²) in [5.41, 5.74) is 2.60. The Balaban J connectivity index is 0. The van der Waals surface area contributed by atoms with E-state index in [1.165, 1.54) is 19.3 Å². The molecule has 52 valence electrons. The molecule has 0 fully saturated rings. The highest BCUT2D eigenvalue weighted by atomic mass is 16.0. The number of hydrogen-bond donors (Lipinski definition) is 2. The van der Waals surface area contributed by atoms with Crippen LogP contribution in [0.25, 0.3) is 0 Å². The molecule has 3 heteroatoms. The zero-order chi connectivity index (χ0) is 5.54. The third kappa shape index (κ3) is 9.30. The van der Waals surface area contributed by atoms with Crippen LogP contribution in [-0.4, -0.2) is 12.0 Å². The molecule has 0 radical (unpaired) electrons. The molecule has 3 nitrogen and oxygen atoms in total. The summed E-state index contributed by atoms with van der Waals surface area (Å²) >= 11 is 0. The summed E-state index contributed by atoms with van der Waals surface area (Å²) in [6.45, 7) is 3.13. The highest BCUT2D eigenvalue weighted by Crippen LogP contribution is 1.89. The second-order valence-electron chi connectivity index (χ2n) is 1.66. The van der Waals surface area contributed by atoms with Crippen LogP contribution in [0.5, 0.6) is 0 Å². The number of unbranched alkanes of at least 4 members (excludes halogenated alkanes) is 2. The van der Waals surface area contributed by atoms with Gasteiger partial charge in [0.25, 0.3) is 0 Å². The predicted octanol–water partition coefficient (Wildman–Crippen LogP) is 0.463. The third-order valence-corrected chi connectivity index (χ3v) is 0.925. The highest BCUT2D eigenvalue weighted by molar-refractivity contribution is 4.37. The van der Waals surface area contributed by atoms with Crippen LogP contribution in [0.3, 0.4) is 0 Å². The Kier molecular flexibility index (Phi) is 13.5. The molecule has 0 atom stereocenters. The summed E-state index contributed by atoms with van der Waals surface area (Å²) in [6.07, 6.45) is 3.75. The van der Waals surface area contributed by atoms with Gasteiger partial charge in [0.05, 0.1) is 0 Å². The quantitative estimate of drug-likeness (QED) is 0.321. The van der Waals surface area contributed by atoms with Crippen LogP contribution in [0.4, 0.5) is 0 Å². The first kappa shape index (κ1) is 10.8. The molecule has 0 aliphatic rings. The van der Waals surface area contributed by atoms with E-state index < -0.39 is 0 Å². The zero-order valence-corrected chi connectivity index (χ0v) is 5.35. The van der Waals surface area contributed by atoms with Crippen molar-refractivity contribution in [1.29, 1.82) is 0 Å². The number of hydrogen-bond acceptors (Lipinski definition) is 3. The fourth-order valence-corrected chi connectivity index (χ4v) is 0.477. The van der Waals surface area contributed by atoms with Crippen molar-refractivity contribution in [3.63, 3.8) is 0 Å². The van der Waals surface area contributed by atoms with Crippen LogP contribution in [0, 0.1) is 0 Å². The van der Waals surface area contributed by atoms with E-state index in [4.69, 9.17) is 5.84 Å². The molecular formula is C5H15N2O-. The van der Waals surface area contributed by atoms with E-state index in [1.54, 1.807) is 0 Å². The maximum absolute atomic E-state index is 5.02. The Bertz CT molecular complexity index is 29.6. The Hall–Kier alpha value is -0.120. The van der Waals surface area contributed by atoms with E-state index in [9.17, 15) is 0 Å². The summed E-state index contributed by atoms with van der Waals surface area (Å²) in [5, 5.41) is 0. The lowest BCUT2D eigenvalue weighted by Gasteiger charge is -1.93.